The molecule has 0 radical (unpaired) electrons. The van der Waals surface area contributed by atoms with Gasteiger partial charge in [0, 0.05) is 18.7 Å². The topological polar surface area (TPSA) is 86.9 Å². The van der Waals surface area contributed by atoms with Crippen LogP contribution in [0.2, 0.25) is 0 Å². The number of benzene rings is 1. The van der Waals surface area contributed by atoms with Gasteiger partial charge in [-0.3, -0.25) is 0 Å². The minimum atomic E-state index is -0.492. The highest BCUT2D eigenvalue weighted by Gasteiger charge is 2.27. The summed E-state index contributed by atoms with van der Waals surface area (Å²) in [6.45, 7) is 8.96. The zero-order valence-corrected chi connectivity index (χ0v) is 19.0. The SMILES string of the molecule is COc1c(C)ccc(-c2noc(COC3CCN(C(=O)OC(C)(C)C)CC3)n2)c1S. The summed E-state index contributed by atoms with van der Waals surface area (Å²) in [5.74, 6) is 1.53. The zero-order valence-electron chi connectivity index (χ0n) is 18.1. The van der Waals surface area contributed by atoms with Gasteiger partial charge in [0.15, 0.2) is 0 Å². The Labute approximate surface area is 182 Å². The third-order valence-electron chi connectivity index (χ3n) is 4.78. The first-order valence-corrected chi connectivity index (χ1v) is 10.4. The Balaban J connectivity index is 1.53. The number of aromatic nitrogens is 2. The number of hydrogen-bond donors (Lipinski definition) is 1. The molecule has 2 heterocycles. The Kier molecular flexibility index (Phi) is 6.92. The summed E-state index contributed by atoms with van der Waals surface area (Å²) in [7, 11) is 1.61. The van der Waals surface area contributed by atoms with E-state index in [1.807, 2.05) is 39.8 Å². The van der Waals surface area contributed by atoms with Crippen molar-refractivity contribution in [3.05, 3.63) is 23.6 Å². The van der Waals surface area contributed by atoms with Crippen LogP contribution in [-0.2, 0) is 16.1 Å². The first-order valence-electron chi connectivity index (χ1n) is 9.97. The molecular weight excluding hydrogens is 406 g/mol. The van der Waals surface area contributed by atoms with Crippen molar-refractivity contribution < 1.29 is 23.5 Å². The van der Waals surface area contributed by atoms with E-state index in [1.54, 1.807) is 12.0 Å². The normalized spacial score (nSPS) is 15.3. The predicted molar refractivity (Wildman–Crippen MR) is 114 cm³/mol. The van der Waals surface area contributed by atoms with Crippen LogP contribution in [0, 0.1) is 6.92 Å². The maximum Gasteiger partial charge on any atom is 0.410 e. The van der Waals surface area contributed by atoms with Crippen LogP contribution in [0.15, 0.2) is 21.6 Å². The molecule has 0 N–H and O–H groups in total. The fourth-order valence-electron chi connectivity index (χ4n) is 3.25. The van der Waals surface area contributed by atoms with E-state index >= 15 is 0 Å². The number of hydrogen-bond acceptors (Lipinski definition) is 8. The van der Waals surface area contributed by atoms with Crippen molar-refractivity contribution in [1.29, 1.82) is 0 Å². The number of ether oxygens (including phenoxy) is 3. The van der Waals surface area contributed by atoms with Crippen molar-refractivity contribution in [2.45, 2.75) is 63.7 Å². The number of amides is 1. The lowest BCUT2D eigenvalue weighted by Crippen LogP contribution is -2.43. The number of carbonyl (C=O) groups excluding carboxylic acids is 1. The number of thiol groups is 1. The van der Waals surface area contributed by atoms with Gasteiger partial charge in [-0.2, -0.15) is 4.98 Å². The van der Waals surface area contributed by atoms with Crippen LogP contribution in [0.5, 0.6) is 5.75 Å². The quantitative estimate of drug-likeness (QED) is 0.702. The van der Waals surface area contributed by atoms with Crippen molar-refractivity contribution in [1.82, 2.24) is 15.0 Å². The van der Waals surface area contributed by atoms with E-state index in [0.717, 1.165) is 24.0 Å². The maximum absolute atomic E-state index is 12.1. The average molecular weight is 436 g/mol. The number of rotatable bonds is 5. The zero-order chi connectivity index (χ0) is 21.9. The molecular formula is C21H29N3O5S. The lowest BCUT2D eigenvalue weighted by molar-refractivity contribution is -0.0231. The minimum absolute atomic E-state index is 0.0268. The molecule has 1 aliphatic heterocycles. The Morgan fingerprint density at radius 1 is 1.30 bits per heavy atom. The lowest BCUT2D eigenvalue weighted by Gasteiger charge is -2.33. The molecule has 164 valence electrons. The van der Waals surface area contributed by atoms with Crippen LogP contribution >= 0.6 is 12.6 Å². The fraction of sp³-hybridized carbons (Fsp3) is 0.571. The molecule has 1 aromatic heterocycles. The number of likely N-dealkylation sites (tertiary alicyclic amines) is 1. The largest absolute Gasteiger partial charge is 0.495 e. The van der Waals surface area contributed by atoms with Crippen LogP contribution < -0.4 is 4.74 Å². The third kappa shape index (κ3) is 5.46. The first kappa shape index (κ1) is 22.4. The molecule has 2 aromatic rings. The Hall–Kier alpha value is -2.26. The van der Waals surface area contributed by atoms with E-state index in [-0.39, 0.29) is 18.8 Å². The molecule has 0 aliphatic carbocycles. The number of aryl methyl sites for hydroxylation is 1. The molecule has 0 saturated carbocycles. The van der Waals surface area contributed by atoms with Gasteiger partial charge in [0.05, 0.1) is 18.1 Å². The van der Waals surface area contributed by atoms with Crippen molar-refractivity contribution in [3.63, 3.8) is 0 Å². The standard InChI is InChI=1S/C21H29N3O5S/c1-13-6-7-15(18(30)17(13)26-5)19-22-16(29-23-19)12-27-14-8-10-24(11-9-14)20(25)28-21(2,3)4/h6-7,14,30H,8-12H2,1-5H3. The molecule has 9 heteroatoms. The van der Waals surface area contributed by atoms with Crippen molar-refractivity contribution in [3.8, 4) is 17.1 Å². The molecule has 0 unspecified atom stereocenters. The van der Waals surface area contributed by atoms with Crippen LogP contribution in [0.25, 0.3) is 11.4 Å². The summed E-state index contributed by atoms with van der Waals surface area (Å²) in [4.78, 5) is 19.0. The summed E-state index contributed by atoms with van der Waals surface area (Å²) in [5, 5.41) is 4.05. The van der Waals surface area contributed by atoms with Crippen LogP contribution in [0.4, 0.5) is 4.79 Å². The van der Waals surface area contributed by atoms with E-state index < -0.39 is 5.60 Å². The Morgan fingerprint density at radius 2 is 2.00 bits per heavy atom. The van der Waals surface area contributed by atoms with Gasteiger partial charge in [0.2, 0.25) is 5.82 Å². The molecule has 1 amide bonds. The highest BCUT2D eigenvalue weighted by Crippen LogP contribution is 2.35. The van der Waals surface area contributed by atoms with Crippen LogP contribution in [-0.4, -0.2) is 53.0 Å². The fourth-order valence-corrected chi connectivity index (χ4v) is 3.70. The molecule has 3 rings (SSSR count). The highest BCUT2D eigenvalue weighted by atomic mass is 32.1. The van der Waals surface area contributed by atoms with Gasteiger partial charge in [-0.05, 0) is 52.2 Å². The van der Waals surface area contributed by atoms with E-state index in [4.69, 9.17) is 18.7 Å². The van der Waals surface area contributed by atoms with E-state index in [2.05, 4.69) is 22.8 Å². The summed E-state index contributed by atoms with van der Waals surface area (Å²) in [6, 6.07) is 3.82. The van der Waals surface area contributed by atoms with E-state index in [1.165, 1.54) is 0 Å². The molecule has 0 atom stereocenters. The Bertz CT molecular complexity index is 885. The highest BCUT2D eigenvalue weighted by molar-refractivity contribution is 7.80. The molecule has 1 saturated heterocycles. The van der Waals surface area contributed by atoms with E-state index in [0.29, 0.717) is 35.4 Å². The molecule has 0 bridgehead atoms. The molecule has 1 aromatic carbocycles. The monoisotopic (exact) mass is 435 g/mol. The maximum atomic E-state index is 12.1. The van der Waals surface area contributed by atoms with Gasteiger partial charge in [-0.25, -0.2) is 4.79 Å². The second-order valence-electron chi connectivity index (χ2n) is 8.30. The van der Waals surface area contributed by atoms with Gasteiger partial charge >= 0.3 is 6.09 Å². The van der Waals surface area contributed by atoms with Gasteiger partial charge in [0.25, 0.3) is 5.89 Å². The second kappa shape index (κ2) is 9.26. The molecule has 30 heavy (non-hydrogen) atoms. The van der Waals surface area contributed by atoms with Crippen molar-refractivity contribution in [2.24, 2.45) is 0 Å². The summed E-state index contributed by atoms with van der Waals surface area (Å²) < 4.78 is 22.1. The summed E-state index contributed by atoms with van der Waals surface area (Å²) in [6.07, 6.45) is 1.21. The number of nitrogens with zero attached hydrogens (tertiary/aromatic N) is 3. The smallest absolute Gasteiger partial charge is 0.410 e. The molecule has 1 fully saturated rings. The van der Waals surface area contributed by atoms with Crippen molar-refractivity contribution in [2.75, 3.05) is 20.2 Å². The summed E-state index contributed by atoms with van der Waals surface area (Å²) in [5.41, 5.74) is 1.23. The number of carbonyl (C=O) groups is 1. The van der Waals surface area contributed by atoms with Crippen LogP contribution in [0.3, 0.4) is 0 Å². The first-order chi connectivity index (χ1) is 14.2. The molecule has 0 spiro atoms. The van der Waals surface area contributed by atoms with Crippen LogP contribution in [0.1, 0.15) is 45.1 Å². The average Bonchev–Trinajstić information content (AvgIpc) is 3.14. The lowest BCUT2D eigenvalue weighted by atomic mass is 10.1. The van der Waals surface area contributed by atoms with E-state index in [9.17, 15) is 4.79 Å². The van der Waals surface area contributed by atoms with Gasteiger partial charge in [-0.15, -0.1) is 12.6 Å². The minimum Gasteiger partial charge on any atom is -0.495 e. The predicted octanol–water partition coefficient (Wildman–Crippen LogP) is 4.26. The van der Waals surface area contributed by atoms with Crippen molar-refractivity contribution >= 4 is 18.7 Å². The Morgan fingerprint density at radius 3 is 2.63 bits per heavy atom. The molecule has 8 nitrogen and oxygen atoms in total. The van der Waals surface area contributed by atoms with Gasteiger partial charge in [0.1, 0.15) is 18.0 Å². The third-order valence-corrected chi connectivity index (χ3v) is 5.22. The number of piperidine rings is 1. The van der Waals surface area contributed by atoms with Gasteiger partial charge in [-0.1, -0.05) is 11.2 Å². The second-order valence-corrected chi connectivity index (χ2v) is 8.75. The number of methoxy groups -OCH3 is 1. The molecule has 1 aliphatic rings. The van der Waals surface area contributed by atoms with Gasteiger partial charge < -0.3 is 23.6 Å². The summed E-state index contributed by atoms with van der Waals surface area (Å²) >= 11 is 4.55.